The van der Waals surface area contributed by atoms with Crippen molar-refractivity contribution in [3.8, 4) is 0 Å². The van der Waals surface area contributed by atoms with Gasteiger partial charge in [-0.3, -0.25) is 4.57 Å². The summed E-state index contributed by atoms with van der Waals surface area (Å²) in [6, 6.07) is 0. The molecule has 0 aromatic heterocycles. The van der Waals surface area contributed by atoms with E-state index >= 15 is 0 Å². The Morgan fingerprint density at radius 3 is 2.36 bits per heavy atom. The number of nitrogens with one attached hydrogen (secondary N) is 1. The first-order valence-electron chi connectivity index (χ1n) is 4.90. The van der Waals surface area contributed by atoms with Gasteiger partial charge in [0.05, 0.1) is 13.2 Å². The molecule has 82 valence electrons. The highest BCUT2D eigenvalue weighted by Gasteiger charge is 2.47. The molecular formula is C9H18NO3P. The second-order valence-electron chi connectivity index (χ2n) is 3.36. The minimum Gasteiger partial charge on any atom is -0.375 e. The van der Waals surface area contributed by atoms with Crippen LogP contribution in [-0.4, -0.2) is 18.5 Å². The lowest BCUT2D eigenvalue weighted by molar-refractivity contribution is 0.195. The summed E-state index contributed by atoms with van der Waals surface area (Å²) in [6.07, 6.45) is 4.40. The highest BCUT2D eigenvalue weighted by atomic mass is 31.2. The maximum atomic E-state index is 12.4. The van der Waals surface area contributed by atoms with Crippen LogP contribution in [0.1, 0.15) is 27.2 Å². The molecule has 0 bridgehead atoms. The lowest BCUT2D eigenvalue weighted by Crippen LogP contribution is -2.36. The Hall–Kier alpha value is -0.310. The van der Waals surface area contributed by atoms with Gasteiger partial charge in [-0.2, -0.15) is 0 Å². The second kappa shape index (κ2) is 4.47. The molecule has 1 unspecified atom stereocenters. The molecule has 1 aliphatic heterocycles. The Balaban J connectivity index is 2.81. The molecule has 1 N–H and O–H groups in total. The first-order valence-corrected chi connectivity index (χ1v) is 6.44. The Labute approximate surface area is 85.2 Å². The van der Waals surface area contributed by atoms with Gasteiger partial charge in [-0.25, -0.2) is 0 Å². The van der Waals surface area contributed by atoms with E-state index in [0.717, 1.165) is 0 Å². The van der Waals surface area contributed by atoms with Gasteiger partial charge in [0.25, 0.3) is 0 Å². The van der Waals surface area contributed by atoms with Crippen molar-refractivity contribution in [2.75, 3.05) is 13.2 Å². The van der Waals surface area contributed by atoms with E-state index in [9.17, 15) is 4.57 Å². The quantitative estimate of drug-likeness (QED) is 0.721. The summed E-state index contributed by atoms with van der Waals surface area (Å²) in [5.41, 5.74) is 0. The summed E-state index contributed by atoms with van der Waals surface area (Å²) < 4.78 is 23.0. The van der Waals surface area contributed by atoms with E-state index in [2.05, 4.69) is 5.32 Å². The first kappa shape index (κ1) is 11.8. The zero-order valence-corrected chi connectivity index (χ0v) is 9.84. The fraction of sp³-hybridized carbons (Fsp3) is 0.778. The molecule has 1 atom stereocenters. The maximum absolute atomic E-state index is 12.4. The maximum Gasteiger partial charge on any atom is 0.355 e. The molecule has 0 aliphatic carbocycles. The van der Waals surface area contributed by atoms with Crippen molar-refractivity contribution in [3.05, 3.63) is 12.3 Å². The monoisotopic (exact) mass is 219 g/mol. The summed E-state index contributed by atoms with van der Waals surface area (Å²) >= 11 is 0. The number of rotatable bonds is 5. The van der Waals surface area contributed by atoms with Crippen molar-refractivity contribution in [2.24, 2.45) is 0 Å². The average Bonchev–Trinajstić information content (AvgIpc) is 2.54. The van der Waals surface area contributed by atoms with Gasteiger partial charge in [0.1, 0.15) is 5.28 Å². The standard InChI is InChI=1S/C9H18NO3P/c1-4-12-14(11,13-5-2)9(3)7-6-8-10-9/h6,8,10H,4-5,7H2,1-3H3. The summed E-state index contributed by atoms with van der Waals surface area (Å²) in [6.45, 7) is 6.29. The van der Waals surface area contributed by atoms with Gasteiger partial charge in [-0.05, 0) is 27.0 Å². The van der Waals surface area contributed by atoms with E-state index in [1.165, 1.54) is 0 Å². The molecule has 0 aromatic rings. The van der Waals surface area contributed by atoms with Crippen molar-refractivity contribution in [3.63, 3.8) is 0 Å². The summed E-state index contributed by atoms with van der Waals surface area (Å²) in [4.78, 5) is 0. The normalized spacial score (nSPS) is 26.5. The zero-order chi connectivity index (χ0) is 10.7. The van der Waals surface area contributed by atoms with Crippen LogP contribution in [0.25, 0.3) is 0 Å². The highest BCUT2D eigenvalue weighted by molar-refractivity contribution is 7.55. The van der Waals surface area contributed by atoms with E-state index in [-0.39, 0.29) is 0 Å². The molecule has 1 aliphatic rings. The average molecular weight is 219 g/mol. The minimum absolute atomic E-state index is 0.397. The molecule has 1 rings (SSSR count). The van der Waals surface area contributed by atoms with Gasteiger partial charge in [-0.1, -0.05) is 6.08 Å². The SMILES string of the molecule is CCOP(=O)(OCC)C1(C)CC=CN1. The van der Waals surface area contributed by atoms with E-state index in [1.54, 1.807) is 6.20 Å². The molecule has 0 spiro atoms. The number of hydrogen-bond donors (Lipinski definition) is 1. The molecule has 0 fully saturated rings. The third-order valence-electron chi connectivity index (χ3n) is 2.23. The smallest absolute Gasteiger partial charge is 0.355 e. The number of hydrogen-bond acceptors (Lipinski definition) is 4. The van der Waals surface area contributed by atoms with Gasteiger partial charge in [0.2, 0.25) is 0 Å². The molecule has 0 radical (unpaired) electrons. The molecule has 0 aromatic carbocycles. The van der Waals surface area contributed by atoms with Crippen LogP contribution < -0.4 is 5.32 Å². The fourth-order valence-electron chi connectivity index (χ4n) is 1.44. The van der Waals surface area contributed by atoms with E-state index < -0.39 is 12.9 Å². The van der Waals surface area contributed by atoms with Gasteiger partial charge in [0, 0.05) is 6.42 Å². The topological polar surface area (TPSA) is 47.6 Å². The van der Waals surface area contributed by atoms with Crippen molar-refractivity contribution >= 4 is 7.60 Å². The van der Waals surface area contributed by atoms with Gasteiger partial charge >= 0.3 is 7.60 Å². The molecular weight excluding hydrogens is 201 g/mol. The van der Waals surface area contributed by atoms with Crippen molar-refractivity contribution in [1.82, 2.24) is 5.32 Å². The third kappa shape index (κ3) is 2.02. The Bertz CT molecular complexity index is 247. The van der Waals surface area contributed by atoms with Crippen LogP contribution in [0.2, 0.25) is 0 Å². The van der Waals surface area contributed by atoms with Crippen molar-refractivity contribution in [2.45, 2.75) is 32.5 Å². The van der Waals surface area contributed by atoms with Crippen LogP contribution in [-0.2, 0) is 13.6 Å². The van der Waals surface area contributed by atoms with Crippen LogP contribution in [0, 0.1) is 0 Å². The van der Waals surface area contributed by atoms with Crippen LogP contribution in [0.5, 0.6) is 0 Å². The fourth-order valence-corrected chi connectivity index (χ4v) is 3.32. The molecule has 1 heterocycles. The summed E-state index contributed by atoms with van der Waals surface area (Å²) in [5.74, 6) is 0. The predicted octanol–water partition coefficient (Wildman–Crippen LogP) is 2.48. The van der Waals surface area contributed by atoms with Crippen LogP contribution in [0.3, 0.4) is 0 Å². The van der Waals surface area contributed by atoms with Gasteiger partial charge in [0.15, 0.2) is 0 Å². The molecule has 0 amide bonds. The molecule has 4 nitrogen and oxygen atoms in total. The highest BCUT2D eigenvalue weighted by Crippen LogP contribution is 2.61. The predicted molar refractivity (Wildman–Crippen MR) is 56.2 cm³/mol. The second-order valence-corrected chi connectivity index (χ2v) is 5.86. The summed E-state index contributed by atoms with van der Waals surface area (Å²) in [7, 11) is -3.05. The van der Waals surface area contributed by atoms with Crippen LogP contribution in [0.15, 0.2) is 12.3 Å². The Morgan fingerprint density at radius 1 is 1.43 bits per heavy atom. The minimum atomic E-state index is -3.05. The van der Waals surface area contributed by atoms with Crippen molar-refractivity contribution < 1.29 is 13.6 Å². The molecule has 14 heavy (non-hydrogen) atoms. The van der Waals surface area contributed by atoms with Crippen LogP contribution in [0.4, 0.5) is 0 Å². The Kier molecular flexibility index (Phi) is 3.76. The molecule has 0 saturated carbocycles. The van der Waals surface area contributed by atoms with E-state index in [1.807, 2.05) is 26.8 Å². The van der Waals surface area contributed by atoms with Crippen molar-refractivity contribution in [1.29, 1.82) is 0 Å². The summed E-state index contributed by atoms with van der Waals surface area (Å²) in [5, 5.41) is 2.45. The lowest BCUT2D eigenvalue weighted by Gasteiger charge is -2.32. The Morgan fingerprint density at radius 2 is 2.00 bits per heavy atom. The van der Waals surface area contributed by atoms with E-state index in [0.29, 0.717) is 19.6 Å². The van der Waals surface area contributed by atoms with Gasteiger partial charge < -0.3 is 14.4 Å². The largest absolute Gasteiger partial charge is 0.375 e. The first-order chi connectivity index (χ1) is 6.58. The molecule has 0 saturated heterocycles. The van der Waals surface area contributed by atoms with E-state index in [4.69, 9.17) is 9.05 Å². The van der Waals surface area contributed by atoms with Crippen LogP contribution >= 0.6 is 7.60 Å². The lowest BCUT2D eigenvalue weighted by atomic mass is 10.3. The molecule has 5 heteroatoms. The third-order valence-corrected chi connectivity index (χ3v) is 4.95. The zero-order valence-electron chi connectivity index (χ0n) is 8.95. The van der Waals surface area contributed by atoms with Gasteiger partial charge in [-0.15, -0.1) is 0 Å².